The van der Waals surface area contributed by atoms with E-state index in [1.807, 2.05) is 26.2 Å². The average Bonchev–Trinajstić information content (AvgIpc) is 2.92. The summed E-state index contributed by atoms with van der Waals surface area (Å²) in [6, 6.07) is 0. The molecule has 0 aliphatic carbocycles. The lowest BCUT2D eigenvalue weighted by Crippen LogP contribution is -2.49. The first-order chi connectivity index (χ1) is 10.3. The molecular formula is C15H24N4O2S. The number of carbonyl (C=O) groups excluding carboxylic acids is 2. The van der Waals surface area contributed by atoms with Crippen LogP contribution in [0.3, 0.4) is 0 Å². The van der Waals surface area contributed by atoms with Gasteiger partial charge in [0.25, 0.3) is 0 Å². The molecule has 3 N–H and O–H groups in total. The summed E-state index contributed by atoms with van der Waals surface area (Å²) in [5.74, 6) is -0.524. The normalized spacial score (nSPS) is 19.2. The van der Waals surface area contributed by atoms with Crippen molar-refractivity contribution in [3.63, 3.8) is 0 Å². The first kappa shape index (κ1) is 16.9. The van der Waals surface area contributed by atoms with Gasteiger partial charge in [-0.2, -0.15) is 0 Å². The number of nitrogens with two attached hydrogens (primary N) is 1. The van der Waals surface area contributed by atoms with Gasteiger partial charge in [-0.3, -0.25) is 14.9 Å². The van der Waals surface area contributed by atoms with E-state index in [1.54, 1.807) is 16.2 Å². The predicted molar refractivity (Wildman–Crippen MR) is 86.4 cm³/mol. The Hall–Kier alpha value is -1.47. The van der Waals surface area contributed by atoms with Gasteiger partial charge < -0.3 is 10.6 Å². The van der Waals surface area contributed by atoms with Crippen molar-refractivity contribution in [1.29, 1.82) is 0 Å². The van der Waals surface area contributed by atoms with Gasteiger partial charge in [-0.15, -0.1) is 11.3 Å². The summed E-state index contributed by atoms with van der Waals surface area (Å²) in [4.78, 5) is 29.8. The fraction of sp³-hybridized carbons (Fsp3) is 0.667. The highest BCUT2D eigenvalue weighted by Gasteiger charge is 2.29. The van der Waals surface area contributed by atoms with E-state index in [4.69, 9.17) is 5.73 Å². The van der Waals surface area contributed by atoms with Crippen LogP contribution in [0.25, 0.3) is 0 Å². The lowest BCUT2D eigenvalue weighted by molar-refractivity contribution is -0.134. The molecule has 6 nitrogen and oxygen atoms in total. The molecule has 1 aliphatic heterocycles. The summed E-state index contributed by atoms with van der Waals surface area (Å²) in [7, 11) is 0. The van der Waals surface area contributed by atoms with Gasteiger partial charge in [0.05, 0.1) is 18.0 Å². The summed E-state index contributed by atoms with van der Waals surface area (Å²) in [5.41, 5.74) is 5.99. The van der Waals surface area contributed by atoms with Crippen LogP contribution in [-0.4, -0.2) is 41.3 Å². The van der Waals surface area contributed by atoms with E-state index >= 15 is 0 Å². The lowest BCUT2D eigenvalue weighted by atomic mass is 9.97. The highest BCUT2D eigenvalue weighted by molar-refractivity contribution is 7.09. The smallest absolute Gasteiger partial charge is 0.236 e. The quantitative estimate of drug-likeness (QED) is 0.846. The van der Waals surface area contributed by atoms with E-state index < -0.39 is 0 Å². The minimum Gasteiger partial charge on any atom is -0.369 e. The topological polar surface area (TPSA) is 88.3 Å². The van der Waals surface area contributed by atoms with Crippen molar-refractivity contribution >= 4 is 23.2 Å². The average molecular weight is 324 g/mol. The molecule has 0 radical (unpaired) electrons. The standard InChI is InChI=1S/C15H24N4O2S/c1-10-9-22-14(18-10)15(2,3)17-7-12(20)19-6-4-5-11(8-19)13(16)21/h9,11,17H,4-8H2,1-3H3,(H2,16,21)/t11-/m0/s1. The molecule has 0 aromatic carbocycles. The first-order valence-electron chi connectivity index (χ1n) is 7.54. The molecule has 2 amide bonds. The number of nitrogens with one attached hydrogen (secondary N) is 1. The minimum atomic E-state index is -0.354. The Kier molecular flexibility index (Phi) is 5.18. The third-order valence-corrected chi connectivity index (χ3v) is 5.30. The van der Waals surface area contributed by atoms with E-state index in [1.165, 1.54) is 0 Å². The van der Waals surface area contributed by atoms with Crippen LogP contribution in [0.2, 0.25) is 0 Å². The zero-order valence-corrected chi connectivity index (χ0v) is 14.2. The second-order valence-corrected chi connectivity index (χ2v) is 7.21. The van der Waals surface area contributed by atoms with Gasteiger partial charge in [-0.25, -0.2) is 4.98 Å². The first-order valence-corrected chi connectivity index (χ1v) is 8.42. The van der Waals surface area contributed by atoms with Crippen LogP contribution in [0.1, 0.15) is 37.4 Å². The van der Waals surface area contributed by atoms with Crippen LogP contribution in [0, 0.1) is 12.8 Å². The number of thiazole rings is 1. The van der Waals surface area contributed by atoms with E-state index in [9.17, 15) is 9.59 Å². The number of hydrogen-bond donors (Lipinski definition) is 2. The Morgan fingerprint density at radius 3 is 2.86 bits per heavy atom. The maximum Gasteiger partial charge on any atom is 0.236 e. The molecule has 1 aromatic rings. The number of aromatic nitrogens is 1. The summed E-state index contributed by atoms with van der Waals surface area (Å²) in [5, 5.41) is 6.24. The number of primary amides is 1. The third kappa shape index (κ3) is 4.04. The van der Waals surface area contributed by atoms with Crippen LogP contribution in [0.5, 0.6) is 0 Å². The van der Waals surface area contributed by atoms with Gasteiger partial charge in [-0.1, -0.05) is 0 Å². The highest BCUT2D eigenvalue weighted by atomic mass is 32.1. The molecule has 0 bridgehead atoms. The van der Waals surface area contributed by atoms with Gasteiger partial charge in [0.1, 0.15) is 5.01 Å². The summed E-state index contributed by atoms with van der Waals surface area (Å²) >= 11 is 1.59. The molecule has 1 aromatic heterocycles. The second-order valence-electron chi connectivity index (χ2n) is 6.35. The number of piperidine rings is 1. The number of carbonyl (C=O) groups is 2. The summed E-state index contributed by atoms with van der Waals surface area (Å²) in [6.07, 6.45) is 1.60. The Morgan fingerprint density at radius 2 is 2.27 bits per heavy atom. The number of aryl methyl sites for hydroxylation is 1. The fourth-order valence-corrected chi connectivity index (χ4v) is 3.46. The summed E-state index contributed by atoms with van der Waals surface area (Å²) in [6.45, 7) is 7.35. The zero-order chi connectivity index (χ0) is 16.3. The van der Waals surface area contributed by atoms with Crippen molar-refractivity contribution in [1.82, 2.24) is 15.2 Å². The molecule has 7 heteroatoms. The van der Waals surface area contributed by atoms with Crippen molar-refractivity contribution in [3.05, 3.63) is 16.1 Å². The molecule has 1 atom stereocenters. The predicted octanol–water partition coefficient (Wildman–Crippen LogP) is 1.00. The monoisotopic (exact) mass is 324 g/mol. The number of likely N-dealkylation sites (tertiary alicyclic amines) is 1. The molecule has 22 heavy (non-hydrogen) atoms. The van der Waals surface area contributed by atoms with Crippen molar-refractivity contribution in [3.8, 4) is 0 Å². The van der Waals surface area contributed by atoms with Gasteiger partial charge in [0, 0.05) is 24.2 Å². The van der Waals surface area contributed by atoms with Crippen molar-refractivity contribution < 1.29 is 9.59 Å². The van der Waals surface area contributed by atoms with Gasteiger partial charge in [0.15, 0.2) is 0 Å². The Labute approximate surface area is 135 Å². The summed E-state index contributed by atoms with van der Waals surface area (Å²) < 4.78 is 0. The van der Waals surface area contributed by atoms with E-state index in [0.717, 1.165) is 23.5 Å². The largest absolute Gasteiger partial charge is 0.369 e. The number of amides is 2. The van der Waals surface area contributed by atoms with Gasteiger partial charge in [0.2, 0.25) is 11.8 Å². The van der Waals surface area contributed by atoms with Crippen LogP contribution in [0.15, 0.2) is 5.38 Å². The molecular weight excluding hydrogens is 300 g/mol. The maximum absolute atomic E-state index is 12.3. The van der Waals surface area contributed by atoms with Crippen molar-refractivity contribution in [2.45, 2.75) is 39.2 Å². The third-order valence-electron chi connectivity index (χ3n) is 4.01. The molecule has 0 unspecified atom stereocenters. The van der Waals surface area contributed by atoms with E-state index in [2.05, 4.69) is 10.3 Å². The fourth-order valence-electron chi connectivity index (χ4n) is 2.56. The molecule has 0 spiro atoms. The van der Waals surface area contributed by atoms with Crippen LogP contribution >= 0.6 is 11.3 Å². The van der Waals surface area contributed by atoms with Crippen molar-refractivity contribution in [2.24, 2.45) is 11.7 Å². The maximum atomic E-state index is 12.3. The second kappa shape index (κ2) is 6.75. The molecule has 2 rings (SSSR count). The number of hydrogen-bond acceptors (Lipinski definition) is 5. The highest BCUT2D eigenvalue weighted by Crippen LogP contribution is 2.23. The van der Waals surface area contributed by atoms with Crippen LogP contribution in [0.4, 0.5) is 0 Å². The molecule has 2 heterocycles. The number of nitrogens with zero attached hydrogens (tertiary/aromatic N) is 2. The van der Waals surface area contributed by atoms with Crippen molar-refractivity contribution in [2.75, 3.05) is 19.6 Å². The Morgan fingerprint density at radius 1 is 1.55 bits per heavy atom. The molecule has 1 aliphatic rings. The Bertz CT molecular complexity index is 555. The molecule has 122 valence electrons. The van der Waals surface area contributed by atoms with Crippen LogP contribution < -0.4 is 11.1 Å². The van der Waals surface area contributed by atoms with Gasteiger partial charge >= 0.3 is 0 Å². The van der Waals surface area contributed by atoms with E-state index in [-0.39, 0.29) is 29.8 Å². The molecule has 1 fully saturated rings. The zero-order valence-electron chi connectivity index (χ0n) is 13.4. The van der Waals surface area contributed by atoms with E-state index in [0.29, 0.717) is 13.1 Å². The lowest BCUT2D eigenvalue weighted by Gasteiger charge is -2.32. The van der Waals surface area contributed by atoms with Gasteiger partial charge in [-0.05, 0) is 33.6 Å². The molecule has 1 saturated heterocycles. The minimum absolute atomic E-state index is 0.00676. The molecule has 0 saturated carbocycles. The number of rotatable bonds is 5. The SMILES string of the molecule is Cc1csc(C(C)(C)NCC(=O)N2CCC[C@H](C(N)=O)C2)n1. The van der Waals surface area contributed by atoms with Crippen LogP contribution in [-0.2, 0) is 15.1 Å². The Balaban J connectivity index is 1.90.